The zero-order valence-electron chi connectivity index (χ0n) is 6.21. The van der Waals surface area contributed by atoms with Crippen LogP contribution in [0.5, 0.6) is 0 Å². The number of nitrogens with one attached hydrogen (secondary N) is 1. The van der Waals surface area contributed by atoms with Gasteiger partial charge in [-0.05, 0) is 6.54 Å². The molecule has 10 heavy (non-hydrogen) atoms. The highest BCUT2D eigenvalue weighted by Gasteiger charge is 2.16. The molecule has 0 amide bonds. The largest absolute Gasteiger partial charge is 0.377 e. The van der Waals surface area contributed by atoms with Gasteiger partial charge in [0, 0.05) is 19.6 Å². The second-order valence-corrected chi connectivity index (χ2v) is 2.31. The summed E-state index contributed by atoms with van der Waals surface area (Å²) in [5, 5.41) is 12.3. The van der Waals surface area contributed by atoms with E-state index in [-0.39, 0.29) is 18.6 Å². The molecule has 1 fully saturated rings. The van der Waals surface area contributed by atoms with Crippen molar-refractivity contribution in [1.29, 1.82) is 0 Å². The van der Waals surface area contributed by atoms with E-state index in [0.29, 0.717) is 6.54 Å². The third-order valence-corrected chi connectivity index (χ3v) is 1.73. The Morgan fingerprint density at radius 2 is 2.40 bits per heavy atom. The lowest BCUT2D eigenvalue weighted by molar-refractivity contribution is -0.00885. The van der Waals surface area contributed by atoms with Gasteiger partial charge in [0.05, 0.1) is 0 Å². The summed E-state index contributed by atoms with van der Waals surface area (Å²) in [6, 6.07) is 0. The molecule has 1 aliphatic heterocycles. The standard InChI is InChI=1S/C6H14N2O.ClH/c1-2-8-4-3-7-5-6(8)9;/h6-7,9H,2-5H2,1H3;1H. The lowest BCUT2D eigenvalue weighted by Gasteiger charge is -2.31. The van der Waals surface area contributed by atoms with Gasteiger partial charge in [-0.15, -0.1) is 12.4 Å². The molecule has 0 radical (unpaired) electrons. The maximum absolute atomic E-state index is 9.23. The zero-order valence-corrected chi connectivity index (χ0v) is 7.02. The molecule has 1 saturated heterocycles. The average Bonchev–Trinajstić information content (AvgIpc) is 1.89. The molecular formula is C6H15ClN2O. The van der Waals surface area contributed by atoms with Gasteiger partial charge < -0.3 is 10.4 Å². The van der Waals surface area contributed by atoms with E-state index in [1.807, 2.05) is 0 Å². The summed E-state index contributed by atoms with van der Waals surface area (Å²) < 4.78 is 0. The van der Waals surface area contributed by atoms with Crippen LogP contribution < -0.4 is 5.32 Å². The number of halogens is 1. The van der Waals surface area contributed by atoms with Gasteiger partial charge in [0.15, 0.2) is 0 Å². The van der Waals surface area contributed by atoms with Crippen molar-refractivity contribution in [3.63, 3.8) is 0 Å². The minimum absolute atomic E-state index is 0. The predicted octanol–water partition coefficient (Wildman–Crippen LogP) is -0.348. The molecule has 3 nitrogen and oxygen atoms in total. The molecule has 0 bridgehead atoms. The van der Waals surface area contributed by atoms with Gasteiger partial charge >= 0.3 is 0 Å². The highest BCUT2D eigenvalue weighted by molar-refractivity contribution is 5.85. The van der Waals surface area contributed by atoms with E-state index < -0.39 is 0 Å². The maximum Gasteiger partial charge on any atom is 0.120 e. The first-order valence-electron chi connectivity index (χ1n) is 3.47. The van der Waals surface area contributed by atoms with Crippen LogP contribution in [0.2, 0.25) is 0 Å². The van der Waals surface area contributed by atoms with Crippen LogP contribution in [0, 0.1) is 0 Å². The fraction of sp³-hybridized carbons (Fsp3) is 1.00. The Morgan fingerprint density at radius 3 is 2.80 bits per heavy atom. The average molecular weight is 167 g/mol. The number of hydrogen-bond acceptors (Lipinski definition) is 3. The van der Waals surface area contributed by atoms with E-state index in [4.69, 9.17) is 0 Å². The first-order chi connectivity index (χ1) is 4.34. The lowest BCUT2D eigenvalue weighted by Crippen LogP contribution is -2.50. The number of hydrogen-bond donors (Lipinski definition) is 2. The van der Waals surface area contributed by atoms with E-state index in [2.05, 4.69) is 17.1 Å². The molecule has 0 aromatic carbocycles. The molecule has 0 aromatic heterocycles. The van der Waals surface area contributed by atoms with E-state index in [9.17, 15) is 5.11 Å². The van der Waals surface area contributed by atoms with E-state index in [1.54, 1.807) is 0 Å². The molecule has 0 saturated carbocycles. The smallest absolute Gasteiger partial charge is 0.120 e. The Bertz CT molecular complexity index is 91.8. The highest BCUT2D eigenvalue weighted by Crippen LogP contribution is 1.97. The Morgan fingerprint density at radius 1 is 1.70 bits per heavy atom. The number of piperazine rings is 1. The Balaban J connectivity index is 0.000000810. The van der Waals surface area contributed by atoms with E-state index in [0.717, 1.165) is 19.6 Å². The minimum atomic E-state index is -0.260. The van der Waals surface area contributed by atoms with Crippen LogP contribution in [0.25, 0.3) is 0 Å². The number of nitrogens with zero attached hydrogens (tertiary/aromatic N) is 1. The molecule has 0 aromatic rings. The molecule has 4 heteroatoms. The van der Waals surface area contributed by atoms with E-state index >= 15 is 0 Å². The van der Waals surface area contributed by atoms with Crippen LogP contribution in [-0.4, -0.2) is 42.4 Å². The van der Waals surface area contributed by atoms with Crippen molar-refractivity contribution in [2.45, 2.75) is 13.2 Å². The fourth-order valence-electron chi connectivity index (χ4n) is 1.10. The number of aliphatic hydroxyl groups excluding tert-OH is 1. The van der Waals surface area contributed by atoms with Crippen molar-refractivity contribution in [2.24, 2.45) is 0 Å². The van der Waals surface area contributed by atoms with Crippen LogP contribution in [-0.2, 0) is 0 Å². The Kier molecular flexibility index (Phi) is 4.99. The topological polar surface area (TPSA) is 35.5 Å². The molecule has 1 aliphatic rings. The van der Waals surface area contributed by atoms with Crippen LogP contribution in [0.1, 0.15) is 6.92 Å². The van der Waals surface area contributed by atoms with Gasteiger partial charge in [-0.25, -0.2) is 0 Å². The Hall–Kier alpha value is 0.170. The van der Waals surface area contributed by atoms with Crippen molar-refractivity contribution in [3.05, 3.63) is 0 Å². The summed E-state index contributed by atoms with van der Waals surface area (Å²) in [7, 11) is 0. The summed E-state index contributed by atoms with van der Waals surface area (Å²) in [6.45, 7) is 5.70. The first-order valence-corrected chi connectivity index (χ1v) is 3.47. The third-order valence-electron chi connectivity index (χ3n) is 1.73. The maximum atomic E-state index is 9.23. The molecule has 1 heterocycles. The molecule has 2 N–H and O–H groups in total. The number of aliphatic hydroxyl groups is 1. The summed E-state index contributed by atoms with van der Waals surface area (Å²) in [4.78, 5) is 2.05. The molecule has 1 unspecified atom stereocenters. The number of rotatable bonds is 1. The van der Waals surface area contributed by atoms with Gasteiger partial charge in [0.25, 0.3) is 0 Å². The lowest BCUT2D eigenvalue weighted by atomic mass is 10.3. The van der Waals surface area contributed by atoms with Crippen molar-refractivity contribution in [1.82, 2.24) is 10.2 Å². The highest BCUT2D eigenvalue weighted by atomic mass is 35.5. The quantitative estimate of drug-likeness (QED) is 0.559. The zero-order chi connectivity index (χ0) is 6.69. The SMILES string of the molecule is CCN1CCNCC1O.Cl. The van der Waals surface area contributed by atoms with Crippen LogP contribution in [0.3, 0.4) is 0 Å². The molecular weight excluding hydrogens is 152 g/mol. The second kappa shape index (κ2) is 4.91. The summed E-state index contributed by atoms with van der Waals surface area (Å²) in [6.07, 6.45) is -0.260. The van der Waals surface area contributed by atoms with Crippen molar-refractivity contribution < 1.29 is 5.11 Å². The summed E-state index contributed by atoms with van der Waals surface area (Å²) in [5.74, 6) is 0. The van der Waals surface area contributed by atoms with Crippen LogP contribution in [0.15, 0.2) is 0 Å². The number of likely N-dealkylation sites (N-methyl/N-ethyl adjacent to an activating group) is 1. The minimum Gasteiger partial charge on any atom is -0.377 e. The Labute approximate surface area is 67.8 Å². The van der Waals surface area contributed by atoms with Crippen LogP contribution >= 0.6 is 12.4 Å². The number of β-amino-alcohol motifs (C(OH)–C–C–N with tert-alkyl or cyclic N) is 1. The first kappa shape index (κ1) is 10.2. The normalized spacial score (nSPS) is 27.6. The van der Waals surface area contributed by atoms with Gasteiger partial charge in [-0.1, -0.05) is 6.92 Å². The van der Waals surface area contributed by atoms with Crippen molar-refractivity contribution in [3.8, 4) is 0 Å². The molecule has 0 spiro atoms. The van der Waals surface area contributed by atoms with E-state index in [1.165, 1.54) is 0 Å². The van der Waals surface area contributed by atoms with Crippen molar-refractivity contribution in [2.75, 3.05) is 26.2 Å². The van der Waals surface area contributed by atoms with Gasteiger partial charge in [-0.2, -0.15) is 0 Å². The second-order valence-electron chi connectivity index (χ2n) is 2.31. The summed E-state index contributed by atoms with van der Waals surface area (Å²) in [5.41, 5.74) is 0. The van der Waals surface area contributed by atoms with Gasteiger partial charge in [-0.3, -0.25) is 4.90 Å². The molecule has 0 aliphatic carbocycles. The molecule has 1 rings (SSSR count). The molecule has 62 valence electrons. The molecule has 1 atom stereocenters. The fourth-order valence-corrected chi connectivity index (χ4v) is 1.10. The summed E-state index contributed by atoms with van der Waals surface area (Å²) >= 11 is 0. The monoisotopic (exact) mass is 166 g/mol. The third kappa shape index (κ3) is 2.42. The van der Waals surface area contributed by atoms with Gasteiger partial charge in [0.1, 0.15) is 6.23 Å². The van der Waals surface area contributed by atoms with Crippen molar-refractivity contribution >= 4 is 12.4 Å². The van der Waals surface area contributed by atoms with Gasteiger partial charge in [0.2, 0.25) is 0 Å². The van der Waals surface area contributed by atoms with Crippen LogP contribution in [0.4, 0.5) is 0 Å². The predicted molar refractivity (Wildman–Crippen MR) is 43.4 cm³/mol.